The predicted octanol–water partition coefficient (Wildman–Crippen LogP) is 3.83. The van der Waals surface area contributed by atoms with Crippen molar-refractivity contribution in [3.63, 3.8) is 0 Å². The fourth-order valence-electron chi connectivity index (χ4n) is 3.09. The standard InChI is InChI=1S/C20H25Cl2N5O3/c1-5-15-23-17(24-27(15)16-13(21)7-6-8-14(16)22)18(28)25-9-11-26(12-10-25)19(29)30-20(2,3)4/h6-8H,5,9-12H2,1-4H3. The molecule has 0 aliphatic carbocycles. The van der Waals surface area contributed by atoms with Crippen LogP contribution in [0.2, 0.25) is 10.0 Å². The topological polar surface area (TPSA) is 80.6 Å². The van der Waals surface area contributed by atoms with Crippen LogP contribution in [0.5, 0.6) is 0 Å². The van der Waals surface area contributed by atoms with E-state index in [1.807, 2.05) is 27.7 Å². The molecule has 10 heteroatoms. The summed E-state index contributed by atoms with van der Waals surface area (Å²) in [5.74, 6) is 0.366. The van der Waals surface area contributed by atoms with Crippen LogP contribution in [-0.4, -0.2) is 68.3 Å². The van der Waals surface area contributed by atoms with Gasteiger partial charge in [0.2, 0.25) is 5.82 Å². The van der Waals surface area contributed by atoms with E-state index in [1.165, 1.54) is 4.68 Å². The van der Waals surface area contributed by atoms with Crippen molar-refractivity contribution in [3.05, 3.63) is 39.9 Å². The number of piperazine rings is 1. The Kier molecular flexibility index (Phi) is 6.57. The van der Waals surface area contributed by atoms with E-state index in [0.717, 1.165) is 0 Å². The average molecular weight is 454 g/mol. The van der Waals surface area contributed by atoms with Gasteiger partial charge < -0.3 is 14.5 Å². The molecular formula is C20H25Cl2N5O3. The van der Waals surface area contributed by atoms with E-state index in [4.69, 9.17) is 27.9 Å². The number of carbonyl (C=O) groups is 2. The number of ether oxygens (including phenoxy) is 1. The second-order valence-corrected chi connectivity index (χ2v) is 8.76. The molecule has 0 radical (unpaired) electrons. The van der Waals surface area contributed by atoms with Crippen LogP contribution < -0.4 is 0 Å². The lowest BCUT2D eigenvalue weighted by molar-refractivity contribution is 0.0139. The van der Waals surface area contributed by atoms with Gasteiger partial charge in [-0.2, -0.15) is 0 Å². The zero-order chi connectivity index (χ0) is 22.1. The molecule has 3 rings (SSSR count). The van der Waals surface area contributed by atoms with Crippen LogP contribution in [0.3, 0.4) is 0 Å². The Labute approximate surface area is 185 Å². The molecule has 1 saturated heterocycles. The van der Waals surface area contributed by atoms with E-state index in [-0.39, 0.29) is 17.8 Å². The van der Waals surface area contributed by atoms with Gasteiger partial charge in [-0.25, -0.2) is 14.5 Å². The van der Waals surface area contributed by atoms with Gasteiger partial charge in [-0.1, -0.05) is 36.2 Å². The molecule has 0 spiro atoms. The maximum absolute atomic E-state index is 13.0. The van der Waals surface area contributed by atoms with Crippen LogP contribution in [0.1, 0.15) is 44.1 Å². The van der Waals surface area contributed by atoms with Crippen molar-refractivity contribution in [1.82, 2.24) is 24.6 Å². The van der Waals surface area contributed by atoms with Gasteiger partial charge in [0.1, 0.15) is 17.1 Å². The van der Waals surface area contributed by atoms with Crippen molar-refractivity contribution >= 4 is 35.2 Å². The quantitative estimate of drug-likeness (QED) is 0.705. The average Bonchev–Trinajstić information content (AvgIpc) is 3.10. The molecule has 2 heterocycles. The molecule has 0 bridgehead atoms. The molecule has 30 heavy (non-hydrogen) atoms. The lowest BCUT2D eigenvalue weighted by Crippen LogP contribution is -2.51. The first kappa shape index (κ1) is 22.4. The summed E-state index contributed by atoms with van der Waals surface area (Å²) in [6.07, 6.45) is 0.174. The van der Waals surface area contributed by atoms with Crippen molar-refractivity contribution in [2.45, 2.75) is 39.7 Å². The zero-order valence-corrected chi connectivity index (χ0v) is 19.0. The summed E-state index contributed by atoms with van der Waals surface area (Å²) >= 11 is 12.6. The highest BCUT2D eigenvalue weighted by atomic mass is 35.5. The first-order chi connectivity index (χ1) is 14.1. The zero-order valence-electron chi connectivity index (χ0n) is 17.5. The Morgan fingerprint density at radius 1 is 1.07 bits per heavy atom. The molecule has 1 aromatic carbocycles. The maximum Gasteiger partial charge on any atom is 0.410 e. The van der Waals surface area contributed by atoms with Gasteiger partial charge in [-0.3, -0.25) is 4.79 Å². The van der Waals surface area contributed by atoms with Crippen LogP contribution in [0.15, 0.2) is 18.2 Å². The molecule has 162 valence electrons. The fraction of sp³-hybridized carbons (Fsp3) is 0.500. The number of aryl methyl sites for hydroxylation is 1. The minimum absolute atomic E-state index is 0.0774. The molecule has 1 aromatic heterocycles. The molecule has 0 unspecified atom stereocenters. The molecule has 2 aromatic rings. The molecule has 1 fully saturated rings. The van der Waals surface area contributed by atoms with E-state index < -0.39 is 5.60 Å². The van der Waals surface area contributed by atoms with Crippen LogP contribution in [-0.2, 0) is 11.2 Å². The molecule has 8 nitrogen and oxygen atoms in total. The fourth-order valence-corrected chi connectivity index (χ4v) is 3.65. The Morgan fingerprint density at radius 3 is 2.17 bits per heavy atom. The number of hydrogen-bond acceptors (Lipinski definition) is 5. The minimum atomic E-state index is -0.558. The van der Waals surface area contributed by atoms with Gasteiger partial charge >= 0.3 is 6.09 Å². The number of carbonyl (C=O) groups excluding carboxylic acids is 2. The first-order valence-electron chi connectivity index (χ1n) is 9.78. The number of rotatable bonds is 3. The van der Waals surface area contributed by atoms with E-state index in [0.29, 0.717) is 54.2 Å². The normalized spacial score (nSPS) is 14.7. The summed E-state index contributed by atoms with van der Waals surface area (Å²) < 4.78 is 6.92. The Bertz CT molecular complexity index is 926. The molecule has 0 atom stereocenters. The summed E-state index contributed by atoms with van der Waals surface area (Å²) in [4.78, 5) is 32.8. The number of para-hydroxylation sites is 1. The summed E-state index contributed by atoms with van der Waals surface area (Å²) in [7, 11) is 0. The Hall–Kier alpha value is -2.32. The smallest absolute Gasteiger partial charge is 0.410 e. The van der Waals surface area contributed by atoms with Crippen molar-refractivity contribution in [1.29, 1.82) is 0 Å². The lowest BCUT2D eigenvalue weighted by atomic mass is 10.2. The second-order valence-electron chi connectivity index (χ2n) is 7.95. The molecule has 0 N–H and O–H groups in total. The largest absolute Gasteiger partial charge is 0.444 e. The van der Waals surface area contributed by atoms with Crippen LogP contribution in [0.25, 0.3) is 5.69 Å². The van der Waals surface area contributed by atoms with Crippen molar-refractivity contribution < 1.29 is 14.3 Å². The SMILES string of the molecule is CCc1nc(C(=O)N2CCN(C(=O)OC(C)(C)C)CC2)nn1-c1c(Cl)cccc1Cl. The number of hydrogen-bond donors (Lipinski definition) is 0. The highest BCUT2D eigenvalue weighted by Crippen LogP contribution is 2.29. The summed E-state index contributed by atoms with van der Waals surface area (Å²) in [5.41, 5.74) is -0.0592. The van der Waals surface area contributed by atoms with E-state index in [1.54, 1.807) is 28.0 Å². The highest BCUT2D eigenvalue weighted by Gasteiger charge is 2.30. The van der Waals surface area contributed by atoms with Crippen molar-refractivity contribution in [2.75, 3.05) is 26.2 Å². The van der Waals surface area contributed by atoms with Gasteiger partial charge in [0.15, 0.2) is 0 Å². The number of halogens is 2. The summed E-state index contributed by atoms with van der Waals surface area (Å²) in [5, 5.41) is 5.24. The van der Waals surface area contributed by atoms with Gasteiger partial charge in [-0.15, -0.1) is 5.10 Å². The van der Waals surface area contributed by atoms with E-state index >= 15 is 0 Å². The third-order valence-corrected chi connectivity index (χ3v) is 5.16. The monoisotopic (exact) mass is 453 g/mol. The van der Waals surface area contributed by atoms with Crippen molar-refractivity contribution in [3.8, 4) is 5.69 Å². The van der Waals surface area contributed by atoms with E-state index in [9.17, 15) is 9.59 Å². The Balaban J connectivity index is 1.74. The van der Waals surface area contributed by atoms with E-state index in [2.05, 4.69) is 10.1 Å². The molecule has 0 saturated carbocycles. The molecule has 1 aliphatic rings. The lowest BCUT2D eigenvalue weighted by Gasteiger charge is -2.35. The minimum Gasteiger partial charge on any atom is -0.444 e. The third kappa shape index (κ3) is 4.87. The maximum atomic E-state index is 13.0. The number of benzene rings is 1. The van der Waals surface area contributed by atoms with Gasteiger partial charge in [-0.05, 0) is 32.9 Å². The molecular weight excluding hydrogens is 429 g/mol. The predicted molar refractivity (Wildman–Crippen MR) is 114 cm³/mol. The first-order valence-corrected chi connectivity index (χ1v) is 10.5. The molecule has 2 amide bonds. The van der Waals surface area contributed by atoms with Gasteiger partial charge in [0.05, 0.1) is 10.0 Å². The second kappa shape index (κ2) is 8.81. The summed E-state index contributed by atoms with van der Waals surface area (Å²) in [6, 6.07) is 5.16. The highest BCUT2D eigenvalue weighted by molar-refractivity contribution is 6.37. The van der Waals surface area contributed by atoms with Crippen LogP contribution in [0, 0.1) is 0 Å². The van der Waals surface area contributed by atoms with Gasteiger partial charge in [0, 0.05) is 32.6 Å². The summed E-state index contributed by atoms with van der Waals surface area (Å²) in [6.45, 7) is 8.91. The number of amides is 2. The number of aromatic nitrogens is 3. The number of nitrogens with zero attached hydrogens (tertiary/aromatic N) is 5. The van der Waals surface area contributed by atoms with Crippen LogP contribution in [0.4, 0.5) is 4.79 Å². The van der Waals surface area contributed by atoms with Gasteiger partial charge in [0.25, 0.3) is 5.91 Å². The van der Waals surface area contributed by atoms with Crippen molar-refractivity contribution in [2.24, 2.45) is 0 Å². The Morgan fingerprint density at radius 2 is 1.63 bits per heavy atom. The molecule has 1 aliphatic heterocycles. The van der Waals surface area contributed by atoms with Crippen LogP contribution >= 0.6 is 23.2 Å². The third-order valence-electron chi connectivity index (χ3n) is 4.55.